The lowest BCUT2D eigenvalue weighted by Crippen LogP contribution is -2.19. The van der Waals surface area contributed by atoms with Gasteiger partial charge in [-0.15, -0.1) is 0 Å². The van der Waals surface area contributed by atoms with E-state index in [9.17, 15) is 18.0 Å². The minimum atomic E-state index is -4.63. The van der Waals surface area contributed by atoms with E-state index in [-0.39, 0.29) is 5.69 Å². The van der Waals surface area contributed by atoms with Crippen molar-refractivity contribution in [3.8, 4) is 17.4 Å². The average Bonchev–Trinajstić information content (AvgIpc) is 2.80. The van der Waals surface area contributed by atoms with Gasteiger partial charge in [-0.3, -0.25) is 0 Å². The number of hydrogen-bond acceptors (Lipinski definition) is 4. The summed E-state index contributed by atoms with van der Waals surface area (Å²) < 4.78 is 49.9. The minimum absolute atomic E-state index is 0.0471. The van der Waals surface area contributed by atoms with Crippen LogP contribution in [0.2, 0.25) is 5.02 Å². The number of benzene rings is 3. The fraction of sp³-hybridized carbons (Fsp3) is 0.0833. The maximum atomic E-state index is 13.0. The van der Waals surface area contributed by atoms with E-state index in [1.165, 1.54) is 6.07 Å². The van der Waals surface area contributed by atoms with Crippen molar-refractivity contribution in [1.82, 2.24) is 4.98 Å². The molecule has 10 heteroatoms. The molecule has 34 heavy (non-hydrogen) atoms. The lowest BCUT2D eigenvalue weighted by atomic mass is 10.2. The number of aromatic nitrogens is 1. The van der Waals surface area contributed by atoms with Gasteiger partial charge in [0.15, 0.2) is 0 Å². The average molecular weight is 488 g/mol. The Morgan fingerprint density at radius 1 is 0.882 bits per heavy atom. The number of methoxy groups -OCH3 is 1. The highest BCUT2D eigenvalue weighted by atomic mass is 35.5. The second kappa shape index (κ2) is 9.48. The smallest absolute Gasteiger partial charge is 0.417 e. The Morgan fingerprint density at radius 2 is 1.56 bits per heavy atom. The fourth-order valence-electron chi connectivity index (χ4n) is 3.11. The van der Waals surface area contributed by atoms with Gasteiger partial charge in [0.25, 0.3) is 0 Å². The number of pyridine rings is 1. The van der Waals surface area contributed by atoms with Crippen LogP contribution in [-0.4, -0.2) is 18.1 Å². The second-order valence-corrected chi connectivity index (χ2v) is 7.51. The van der Waals surface area contributed by atoms with Gasteiger partial charge in [0, 0.05) is 22.8 Å². The first-order valence-corrected chi connectivity index (χ1v) is 10.3. The molecule has 174 valence electrons. The predicted molar refractivity (Wildman–Crippen MR) is 124 cm³/mol. The summed E-state index contributed by atoms with van der Waals surface area (Å²) in [5.41, 5.74) is 0.0710. The number of carbonyl (C=O) groups is 1. The molecule has 4 aromatic rings. The summed E-state index contributed by atoms with van der Waals surface area (Å²) in [6.45, 7) is 0. The first-order chi connectivity index (χ1) is 16.2. The van der Waals surface area contributed by atoms with Crippen LogP contribution in [0.5, 0.6) is 17.4 Å². The molecular weight excluding hydrogens is 471 g/mol. The maximum Gasteiger partial charge on any atom is 0.417 e. The molecule has 0 fully saturated rings. The van der Waals surface area contributed by atoms with Crippen molar-refractivity contribution in [3.63, 3.8) is 0 Å². The molecule has 0 unspecified atom stereocenters. The van der Waals surface area contributed by atoms with E-state index in [2.05, 4.69) is 15.6 Å². The molecule has 2 amide bonds. The van der Waals surface area contributed by atoms with Crippen molar-refractivity contribution in [2.45, 2.75) is 6.18 Å². The lowest BCUT2D eigenvalue weighted by Gasteiger charge is -2.12. The maximum absolute atomic E-state index is 13.0. The van der Waals surface area contributed by atoms with Crippen molar-refractivity contribution in [2.24, 2.45) is 0 Å². The van der Waals surface area contributed by atoms with Crippen LogP contribution in [-0.2, 0) is 6.18 Å². The van der Waals surface area contributed by atoms with Crippen LogP contribution in [0.25, 0.3) is 10.9 Å². The highest BCUT2D eigenvalue weighted by molar-refractivity contribution is 6.31. The SMILES string of the molecule is COc1ccc2nc(Oc3ccc(NC(=O)Nc4ccc(Cl)c(C(F)(F)F)c4)cc3)ccc2c1. The highest BCUT2D eigenvalue weighted by Gasteiger charge is 2.33. The number of rotatable bonds is 5. The Morgan fingerprint density at radius 3 is 2.26 bits per heavy atom. The molecule has 1 aromatic heterocycles. The fourth-order valence-corrected chi connectivity index (χ4v) is 3.33. The third kappa shape index (κ3) is 5.49. The summed E-state index contributed by atoms with van der Waals surface area (Å²) in [4.78, 5) is 16.6. The molecule has 6 nitrogen and oxygen atoms in total. The molecular formula is C24H17ClF3N3O3. The number of nitrogens with one attached hydrogen (secondary N) is 2. The van der Waals surface area contributed by atoms with Crippen LogP contribution in [0.3, 0.4) is 0 Å². The van der Waals surface area contributed by atoms with E-state index in [0.717, 1.165) is 28.8 Å². The number of hydrogen-bond donors (Lipinski definition) is 2. The molecule has 0 aliphatic carbocycles. The third-order valence-corrected chi connectivity index (χ3v) is 5.06. The number of anilines is 2. The molecule has 0 saturated heterocycles. The van der Waals surface area contributed by atoms with Gasteiger partial charge >= 0.3 is 12.2 Å². The van der Waals surface area contributed by atoms with E-state index in [1.54, 1.807) is 43.5 Å². The standard InChI is InChI=1S/C24H17ClF3N3O3/c1-33-18-8-10-21-14(12-18)2-11-22(31-21)34-17-6-3-15(4-7-17)29-23(32)30-16-5-9-20(25)19(13-16)24(26,27)28/h2-13H,1H3,(H2,29,30,32). The molecule has 3 aromatic carbocycles. The quantitative estimate of drug-likeness (QED) is 0.308. The summed E-state index contributed by atoms with van der Waals surface area (Å²) in [7, 11) is 1.59. The van der Waals surface area contributed by atoms with Crippen LogP contribution in [0, 0.1) is 0 Å². The molecule has 1 heterocycles. The van der Waals surface area contributed by atoms with Gasteiger partial charge in [-0.05, 0) is 66.7 Å². The number of nitrogens with zero attached hydrogens (tertiary/aromatic N) is 1. The first-order valence-electron chi connectivity index (χ1n) is 9.89. The zero-order valence-electron chi connectivity index (χ0n) is 17.6. The molecule has 0 atom stereocenters. The van der Waals surface area contributed by atoms with E-state index < -0.39 is 22.8 Å². The van der Waals surface area contributed by atoms with Crippen molar-refractivity contribution in [3.05, 3.63) is 83.4 Å². The Labute approximate surface area is 197 Å². The van der Waals surface area contributed by atoms with Gasteiger partial charge < -0.3 is 20.1 Å². The van der Waals surface area contributed by atoms with Gasteiger partial charge in [-0.2, -0.15) is 13.2 Å². The molecule has 0 bridgehead atoms. The summed E-state index contributed by atoms with van der Waals surface area (Å²) in [5.74, 6) is 1.60. The van der Waals surface area contributed by atoms with Crippen LogP contribution in [0.1, 0.15) is 5.56 Å². The monoisotopic (exact) mass is 487 g/mol. The van der Waals surface area contributed by atoms with Crippen molar-refractivity contribution >= 4 is 39.9 Å². The number of alkyl halides is 3. The number of carbonyl (C=O) groups excluding carboxylic acids is 1. The van der Waals surface area contributed by atoms with Crippen molar-refractivity contribution in [1.29, 1.82) is 0 Å². The van der Waals surface area contributed by atoms with E-state index in [4.69, 9.17) is 21.1 Å². The van der Waals surface area contributed by atoms with E-state index in [1.807, 2.05) is 18.2 Å². The second-order valence-electron chi connectivity index (χ2n) is 7.11. The third-order valence-electron chi connectivity index (χ3n) is 4.74. The largest absolute Gasteiger partial charge is 0.497 e. The number of amides is 2. The Balaban J connectivity index is 1.39. The Bertz CT molecular complexity index is 1350. The topological polar surface area (TPSA) is 72.5 Å². The van der Waals surface area contributed by atoms with Gasteiger partial charge in [0.05, 0.1) is 23.2 Å². The molecule has 0 spiro atoms. The molecule has 2 N–H and O–H groups in total. The normalized spacial score (nSPS) is 11.2. The molecule has 4 rings (SSSR count). The highest BCUT2D eigenvalue weighted by Crippen LogP contribution is 2.36. The molecule has 0 aliphatic heterocycles. The molecule has 0 aliphatic rings. The Kier molecular flexibility index (Phi) is 6.47. The minimum Gasteiger partial charge on any atom is -0.497 e. The predicted octanol–water partition coefficient (Wildman–Crippen LogP) is 7.35. The van der Waals surface area contributed by atoms with Gasteiger partial charge in [0.1, 0.15) is 11.5 Å². The number of urea groups is 1. The summed E-state index contributed by atoms with van der Waals surface area (Å²) >= 11 is 5.59. The van der Waals surface area contributed by atoms with Gasteiger partial charge in [0.2, 0.25) is 5.88 Å². The zero-order valence-corrected chi connectivity index (χ0v) is 18.4. The number of halogens is 4. The lowest BCUT2D eigenvalue weighted by molar-refractivity contribution is -0.137. The summed E-state index contributed by atoms with van der Waals surface area (Å²) in [6.07, 6.45) is -4.63. The Hall–Kier alpha value is -3.98. The molecule has 0 radical (unpaired) electrons. The van der Waals surface area contributed by atoms with Crippen LogP contribution < -0.4 is 20.1 Å². The van der Waals surface area contributed by atoms with Crippen LogP contribution in [0.15, 0.2) is 72.8 Å². The van der Waals surface area contributed by atoms with Gasteiger partial charge in [-0.25, -0.2) is 9.78 Å². The number of fused-ring (bicyclic) bond motifs is 1. The number of ether oxygens (including phenoxy) is 2. The summed E-state index contributed by atoms with van der Waals surface area (Å²) in [6, 6.07) is 17.9. The van der Waals surface area contributed by atoms with Crippen LogP contribution in [0.4, 0.5) is 29.3 Å². The first kappa shape index (κ1) is 23.2. The zero-order chi connectivity index (χ0) is 24.3. The van der Waals surface area contributed by atoms with Crippen molar-refractivity contribution in [2.75, 3.05) is 17.7 Å². The van der Waals surface area contributed by atoms with E-state index in [0.29, 0.717) is 17.3 Å². The van der Waals surface area contributed by atoms with E-state index >= 15 is 0 Å². The van der Waals surface area contributed by atoms with Crippen LogP contribution >= 0.6 is 11.6 Å². The van der Waals surface area contributed by atoms with Gasteiger partial charge in [-0.1, -0.05) is 11.6 Å². The summed E-state index contributed by atoms with van der Waals surface area (Å²) in [5, 5.41) is 5.35. The molecule has 0 saturated carbocycles. The van der Waals surface area contributed by atoms with Crippen molar-refractivity contribution < 1.29 is 27.4 Å².